The summed E-state index contributed by atoms with van der Waals surface area (Å²) in [5, 5.41) is 84.9. The first-order valence-corrected chi connectivity index (χ1v) is 20.5. The minimum atomic E-state index is -1.90. The number of hydrogen-bond donors (Lipinski definition) is 15. The second-order valence-electron chi connectivity index (χ2n) is 15.5. The first-order chi connectivity index (χ1) is 30.3. The molecule has 7 amide bonds. The third-order valence-electron chi connectivity index (χ3n) is 10.3. The molecule has 65 heavy (non-hydrogen) atoms. The highest BCUT2D eigenvalue weighted by atomic mass is 16.7. The Kier molecular flexibility index (Phi) is 22.5. The van der Waals surface area contributed by atoms with E-state index in [-0.39, 0.29) is 19.3 Å². The van der Waals surface area contributed by atoms with Crippen LogP contribution in [0.4, 0.5) is 0 Å². The topological polar surface area (TPSA) is 456 Å². The number of aliphatic hydroxyl groups excluding tert-OH is 5. The van der Waals surface area contributed by atoms with Crippen molar-refractivity contribution in [2.75, 3.05) is 13.2 Å². The standard InChI is InChI=1S/C37H62N8O20/c1-13(31(54)45-20(35(59)60)9-10-23(50)44-19(8-6-7-18(38)30(39)53)33(56)41-14(2)34(57)58)40-32(55)15(3)62-29-25(43-17(5)49)36(61)63-22(12-47)28(29)65-37-24(42-16(4)48)27(52)26(51)21(11-46)64-37/h13-15,18-22,24-29,36-37,46-47,51-52,61H,6-12,38H2,1-5H3,(H2,39,53)(H,40,55)(H,41,56)(H,42,48)(H,43,49)(H,44,50)(H,45,54)(H,57,58)(H,59,60). The van der Waals surface area contributed by atoms with Gasteiger partial charge in [-0.2, -0.15) is 0 Å². The van der Waals surface area contributed by atoms with Gasteiger partial charge in [0.15, 0.2) is 12.6 Å². The average molecular weight is 939 g/mol. The van der Waals surface area contributed by atoms with Gasteiger partial charge in [-0.15, -0.1) is 0 Å². The van der Waals surface area contributed by atoms with Gasteiger partial charge in [-0.05, 0) is 46.5 Å². The van der Waals surface area contributed by atoms with Gasteiger partial charge in [0.05, 0.1) is 19.3 Å². The summed E-state index contributed by atoms with van der Waals surface area (Å²) in [7, 11) is 0. The van der Waals surface area contributed by atoms with Gasteiger partial charge in [-0.1, -0.05) is 0 Å². The summed E-state index contributed by atoms with van der Waals surface area (Å²) in [6.45, 7) is 3.95. The van der Waals surface area contributed by atoms with Crippen LogP contribution in [0, 0.1) is 0 Å². The lowest BCUT2D eigenvalue weighted by Crippen LogP contribution is -2.70. The van der Waals surface area contributed by atoms with E-state index >= 15 is 0 Å². The van der Waals surface area contributed by atoms with Crippen LogP contribution in [0.5, 0.6) is 0 Å². The minimum absolute atomic E-state index is 0.0214. The fourth-order valence-corrected chi connectivity index (χ4v) is 6.64. The van der Waals surface area contributed by atoms with E-state index in [1.807, 2.05) is 0 Å². The van der Waals surface area contributed by atoms with E-state index in [0.717, 1.165) is 13.8 Å². The van der Waals surface area contributed by atoms with Crippen molar-refractivity contribution in [3.63, 3.8) is 0 Å². The van der Waals surface area contributed by atoms with Gasteiger partial charge in [-0.3, -0.25) is 38.4 Å². The van der Waals surface area contributed by atoms with Crippen molar-refractivity contribution in [1.29, 1.82) is 0 Å². The average Bonchev–Trinajstić information content (AvgIpc) is 3.22. The van der Waals surface area contributed by atoms with Crippen LogP contribution >= 0.6 is 0 Å². The van der Waals surface area contributed by atoms with E-state index in [1.165, 1.54) is 20.8 Å². The smallest absolute Gasteiger partial charge is 0.326 e. The molecule has 0 saturated carbocycles. The number of hydrogen-bond acceptors (Lipinski definition) is 19. The summed E-state index contributed by atoms with van der Waals surface area (Å²) in [6, 6.07) is -10.0. The molecule has 0 aromatic carbocycles. The predicted octanol–water partition coefficient (Wildman–Crippen LogP) is -7.79. The maximum Gasteiger partial charge on any atom is 0.326 e. The zero-order valence-corrected chi connectivity index (χ0v) is 36.3. The van der Waals surface area contributed by atoms with E-state index in [2.05, 4.69) is 31.9 Å². The van der Waals surface area contributed by atoms with Crippen molar-refractivity contribution in [2.45, 2.75) is 164 Å². The van der Waals surface area contributed by atoms with Crippen LogP contribution in [-0.4, -0.2) is 200 Å². The van der Waals surface area contributed by atoms with Gasteiger partial charge in [0.25, 0.3) is 0 Å². The second-order valence-corrected chi connectivity index (χ2v) is 15.5. The Morgan fingerprint density at radius 3 is 1.78 bits per heavy atom. The minimum Gasteiger partial charge on any atom is -0.480 e. The lowest BCUT2D eigenvalue weighted by molar-refractivity contribution is -0.333. The van der Waals surface area contributed by atoms with Crippen LogP contribution in [0.2, 0.25) is 0 Å². The summed E-state index contributed by atoms with van der Waals surface area (Å²) in [5.41, 5.74) is 10.8. The highest BCUT2D eigenvalue weighted by Gasteiger charge is 2.53. The van der Waals surface area contributed by atoms with E-state index in [1.54, 1.807) is 0 Å². The number of aliphatic hydroxyl groups is 5. The highest BCUT2D eigenvalue weighted by Crippen LogP contribution is 2.31. The highest BCUT2D eigenvalue weighted by molar-refractivity contribution is 5.92. The van der Waals surface area contributed by atoms with Crippen molar-refractivity contribution in [2.24, 2.45) is 11.5 Å². The number of carbonyl (C=O) groups is 9. The fraction of sp³-hybridized carbons (Fsp3) is 0.757. The van der Waals surface area contributed by atoms with Crippen molar-refractivity contribution >= 4 is 53.3 Å². The molecule has 28 nitrogen and oxygen atoms in total. The molecule has 370 valence electrons. The number of rotatable bonds is 25. The SMILES string of the molecule is CC(=O)NC1C(OC2C(CO)OC(O)C(NC(C)=O)C2OC(C)C(=O)NC(C)C(=O)NC(CCC(=O)NC(CCCC(N)C(N)=O)C(=O)NC(C)C(=O)O)C(=O)O)OC(CO)C(O)C1O. The quantitative estimate of drug-likeness (QED) is 0.0404. The number of carboxylic acids is 2. The van der Waals surface area contributed by atoms with Gasteiger partial charge in [-0.25, -0.2) is 4.79 Å². The lowest BCUT2D eigenvalue weighted by Gasteiger charge is -2.48. The van der Waals surface area contributed by atoms with Crippen LogP contribution in [0.1, 0.15) is 66.7 Å². The predicted molar refractivity (Wildman–Crippen MR) is 215 cm³/mol. The molecule has 2 aliphatic rings. The van der Waals surface area contributed by atoms with Gasteiger partial charge < -0.3 is 98.1 Å². The van der Waals surface area contributed by atoms with Crippen LogP contribution in [0.15, 0.2) is 0 Å². The van der Waals surface area contributed by atoms with Crippen molar-refractivity contribution in [3.05, 3.63) is 0 Å². The molecule has 16 unspecified atom stereocenters. The summed E-state index contributed by atoms with van der Waals surface area (Å²) in [5.74, 6) is -9.06. The van der Waals surface area contributed by atoms with E-state index in [0.29, 0.717) is 0 Å². The Morgan fingerprint density at radius 2 is 1.25 bits per heavy atom. The number of amides is 7. The Bertz CT molecular complexity index is 1690. The molecule has 2 heterocycles. The Hall–Kier alpha value is -5.17. The first-order valence-electron chi connectivity index (χ1n) is 20.5. The molecular formula is C37H62N8O20. The maximum atomic E-state index is 13.5. The van der Waals surface area contributed by atoms with Crippen LogP contribution < -0.4 is 43.4 Å². The number of aliphatic carboxylic acids is 2. The van der Waals surface area contributed by atoms with Gasteiger partial charge in [0.2, 0.25) is 41.4 Å². The van der Waals surface area contributed by atoms with E-state index < -0.39 is 177 Å². The maximum absolute atomic E-state index is 13.5. The Balaban J connectivity index is 2.21. The molecule has 28 heteroatoms. The number of primary amides is 1. The zero-order chi connectivity index (χ0) is 49.5. The number of carboxylic acid groups (broad SMARTS) is 2. The summed E-state index contributed by atoms with van der Waals surface area (Å²) >= 11 is 0. The molecule has 0 aromatic heterocycles. The Morgan fingerprint density at radius 1 is 0.662 bits per heavy atom. The molecular weight excluding hydrogens is 876 g/mol. The first kappa shape index (κ1) is 56.0. The molecule has 0 bridgehead atoms. The van der Waals surface area contributed by atoms with Gasteiger partial charge in [0.1, 0.15) is 79.0 Å². The normalized spacial score (nSPS) is 28.1. The van der Waals surface area contributed by atoms with Gasteiger partial charge >= 0.3 is 11.9 Å². The third-order valence-corrected chi connectivity index (χ3v) is 10.3. The molecule has 0 spiro atoms. The van der Waals surface area contributed by atoms with Crippen LogP contribution in [0.25, 0.3) is 0 Å². The number of carbonyl (C=O) groups excluding carboxylic acids is 7. The molecule has 16 atom stereocenters. The molecule has 0 radical (unpaired) electrons. The summed E-state index contributed by atoms with van der Waals surface area (Å²) in [4.78, 5) is 111. The number of nitrogens with one attached hydrogen (secondary N) is 6. The van der Waals surface area contributed by atoms with Gasteiger partial charge in [0, 0.05) is 20.3 Å². The molecule has 0 aromatic rings. The summed E-state index contributed by atoms with van der Waals surface area (Å²) in [6.07, 6.45) is -16.1. The molecule has 2 aliphatic heterocycles. The number of nitrogens with two attached hydrogens (primary N) is 2. The largest absolute Gasteiger partial charge is 0.480 e. The van der Waals surface area contributed by atoms with Crippen LogP contribution in [-0.2, 0) is 62.1 Å². The van der Waals surface area contributed by atoms with Crippen LogP contribution in [0.3, 0.4) is 0 Å². The molecule has 2 rings (SSSR count). The van der Waals surface area contributed by atoms with Crippen molar-refractivity contribution in [1.82, 2.24) is 31.9 Å². The van der Waals surface area contributed by atoms with Crippen molar-refractivity contribution in [3.8, 4) is 0 Å². The fourth-order valence-electron chi connectivity index (χ4n) is 6.64. The second kappa shape index (κ2) is 26.1. The molecule has 2 saturated heterocycles. The summed E-state index contributed by atoms with van der Waals surface area (Å²) < 4.78 is 23.1. The monoisotopic (exact) mass is 938 g/mol. The zero-order valence-electron chi connectivity index (χ0n) is 36.3. The molecule has 2 fully saturated rings. The molecule has 17 N–H and O–H groups in total. The Labute approximate surface area is 371 Å². The third kappa shape index (κ3) is 17.0. The lowest BCUT2D eigenvalue weighted by atomic mass is 9.94. The van der Waals surface area contributed by atoms with E-state index in [9.17, 15) is 78.9 Å². The molecule has 0 aliphatic carbocycles. The van der Waals surface area contributed by atoms with E-state index in [4.69, 9.17) is 30.4 Å². The number of ether oxygens (including phenoxy) is 4. The van der Waals surface area contributed by atoms with Crippen molar-refractivity contribution < 1.29 is 97.8 Å².